The lowest BCUT2D eigenvalue weighted by Gasteiger charge is -2.11. The van der Waals surface area contributed by atoms with Crippen molar-refractivity contribution in [3.63, 3.8) is 0 Å². The van der Waals surface area contributed by atoms with Crippen molar-refractivity contribution in [3.05, 3.63) is 71.2 Å². The topological polar surface area (TPSA) is 152 Å². The van der Waals surface area contributed by atoms with Crippen molar-refractivity contribution >= 4 is 11.9 Å². The molecule has 2 saturated carbocycles. The van der Waals surface area contributed by atoms with E-state index in [2.05, 4.69) is 22.5 Å². The van der Waals surface area contributed by atoms with Crippen molar-refractivity contribution in [2.75, 3.05) is 0 Å². The van der Waals surface area contributed by atoms with Crippen molar-refractivity contribution in [1.82, 2.24) is 10.3 Å². The van der Waals surface area contributed by atoms with Crippen LogP contribution in [0.2, 0.25) is 0 Å². The molecule has 2 aliphatic rings. The first-order valence-electron chi connectivity index (χ1n) is 14.9. The molecule has 2 aromatic heterocycles. The Hall–Kier alpha value is -5.22. The van der Waals surface area contributed by atoms with Crippen LogP contribution in [0.3, 0.4) is 0 Å². The number of esters is 2. The molecule has 0 unspecified atom stereocenters. The fourth-order valence-electron chi connectivity index (χ4n) is 5.95. The molecular weight excluding hydrogens is 560 g/mol. The van der Waals surface area contributed by atoms with Gasteiger partial charge in [-0.05, 0) is 55.5 Å². The summed E-state index contributed by atoms with van der Waals surface area (Å²) in [5.41, 5.74) is 4.23. The number of hydrogen-bond acceptors (Lipinski definition) is 10. The molecule has 6 rings (SSSR count). The lowest BCUT2D eigenvalue weighted by atomic mass is 9.91. The van der Waals surface area contributed by atoms with Crippen LogP contribution in [-0.2, 0) is 32.3 Å². The van der Waals surface area contributed by atoms with Crippen LogP contribution in [0.1, 0.15) is 74.0 Å². The van der Waals surface area contributed by atoms with Gasteiger partial charge in [0.05, 0.1) is 35.1 Å². The van der Waals surface area contributed by atoms with Gasteiger partial charge < -0.3 is 18.5 Å². The van der Waals surface area contributed by atoms with Gasteiger partial charge in [0.15, 0.2) is 24.7 Å². The first-order valence-corrected chi connectivity index (χ1v) is 14.9. The molecule has 0 aliphatic heterocycles. The van der Waals surface area contributed by atoms with Gasteiger partial charge in [-0.3, -0.25) is 9.59 Å². The largest absolute Gasteiger partial charge is 0.457 e. The average Bonchev–Trinajstić information content (AvgIpc) is 3.89. The standard InChI is InChI=1S/C34H30N4O6/c35-17-21-9-12-28(32-16-27(44-38-32)20-42-34(40)23-7-3-4-8-23)30(13-21)29-14-24(10-11-25(29)18-36)31-15-26(43-37-31)19-41-33(39)22-5-1-2-6-22/h9-16,22-23H,1-8,19-20H2. The molecule has 2 aliphatic carbocycles. The first-order chi connectivity index (χ1) is 21.5. The van der Waals surface area contributed by atoms with E-state index in [0.29, 0.717) is 56.3 Å². The fourth-order valence-corrected chi connectivity index (χ4v) is 5.95. The zero-order valence-electron chi connectivity index (χ0n) is 24.1. The molecule has 222 valence electrons. The van der Waals surface area contributed by atoms with Crippen LogP contribution in [-0.4, -0.2) is 22.3 Å². The maximum atomic E-state index is 12.4. The van der Waals surface area contributed by atoms with Gasteiger partial charge in [-0.2, -0.15) is 10.5 Å². The summed E-state index contributed by atoms with van der Waals surface area (Å²) in [4.78, 5) is 24.7. The number of rotatable bonds is 9. The third-order valence-electron chi connectivity index (χ3n) is 8.36. The molecule has 0 spiro atoms. The lowest BCUT2D eigenvalue weighted by molar-refractivity contribution is -0.151. The third-order valence-corrected chi connectivity index (χ3v) is 8.36. The SMILES string of the molecule is N#Cc1ccc(-c2cc(COC(=O)C3CCCC3)on2)c(-c2cc(-c3cc(COC(=O)C4CCCC4)on3)ccc2C#N)c1. The molecule has 2 heterocycles. The quantitative estimate of drug-likeness (QED) is 0.189. The summed E-state index contributed by atoms with van der Waals surface area (Å²) in [5.74, 6) is 0.247. The van der Waals surface area contributed by atoms with E-state index in [4.69, 9.17) is 18.5 Å². The zero-order chi connectivity index (χ0) is 30.5. The Bertz CT molecular complexity index is 1760. The Morgan fingerprint density at radius 2 is 1.30 bits per heavy atom. The van der Waals surface area contributed by atoms with Gasteiger partial charge >= 0.3 is 11.9 Å². The Morgan fingerprint density at radius 3 is 1.89 bits per heavy atom. The normalized spacial score (nSPS) is 15.1. The molecule has 0 atom stereocenters. The van der Waals surface area contributed by atoms with Gasteiger partial charge in [0, 0.05) is 28.8 Å². The van der Waals surface area contributed by atoms with E-state index in [1.165, 1.54) is 0 Å². The number of benzene rings is 2. The molecule has 10 heteroatoms. The summed E-state index contributed by atoms with van der Waals surface area (Å²) in [5, 5.41) is 28.0. The highest BCUT2D eigenvalue weighted by molar-refractivity contribution is 5.87. The van der Waals surface area contributed by atoms with Crippen LogP contribution in [0.25, 0.3) is 33.6 Å². The summed E-state index contributed by atoms with van der Waals surface area (Å²) in [7, 11) is 0. The fraction of sp³-hybridized carbons (Fsp3) is 0.353. The number of ether oxygens (including phenoxy) is 2. The summed E-state index contributed by atoms with van der Waals surface area (Å²) in [6.07, 6.45) is 7.55. The molecule has 0 amide bonds. The summed E-state index contributed by atoms with van der Waals surface area (Å²) < 4.78 is 21.9. The van der Waals surface area contributed by atoms with E-state index in [-0.39, 0.29) is 37.0 Å². The molecule has 2 fully saturated rings. The molecule has 2 aromatic carbocycles. The highest BCUT2D eigenvalue weighted by Gasteiger charge is 2.26. The van der Waals surface area contributed by atoms with Crippen molar-refractivity contribution in [2.45, 2.75) is 64.6 Å². The van der Waals surface area contributed by atoms with E-state index >= 15 is 0 Å². The average molecular weight is 591 g/mol. The van der Waals surface area contributed by atoms with Gasteiger partial charge in [0.25, 0.3) is 0 Å². The second-order valence-electron chi connectivity index (χ2n) is 11.3. The third kappa shape index (κ3) is 6.25. The smallest absolute Gasteiger partial charge is 0.309 e. The minimum Gasteiger partial charge on any atom is -0.457 e. The predicted molar refractivity (Wildman–Crippen MR) is 156 cm³/mol. The van der Waals surface area contributed by atoms with Crippen LogP contribution in [0.5, 0.6) is 0 Å². The molecule has 0 N–H and O–H groups in total. The molecular formula is C34H30N4O6. The highest BCUT2D eigenvalue weighted by atomic mass is 16.6. The van der Waals surface area contributed by atoms with E-state index in [9.17, 15) is 20.1 Å². The Balaban J connectivity index is 1.25. The highest BCUT2D eigenvalue weighted by Crippen LogP contribution is 2.37. The van der Waals surface area contributed by atoms with Gasteiger partial charge in [0.1, 0.15) is 11.4 Å². The van der Waals surface area contributed by atoms with Gasteiger partial charge in [-0.15, -0.1) is 0 Å². The minimum absolute atomic E-state index is 0.00963. The van der Waals surface area contributed by atoms with Gasteiger partial charge in [-0.25, -0.2) is 0 Å². The Labute approximate surface area is 254 Å². The number of hydrogen-bond donors (Lipinski definition) is 0. The Kier molecular flexibility index (Phi) is 8.51. The van der Waals surface area contributed by atoms with Crippen LogP contribution in [0.15, 0.2) is 57.6 Å². The summed E-state index contributed by atoms with van der Waals surface area (Å²) in [6, 6.07) is 18.1. The van der Waals surface area contributed by atoms with Crippen LogP contribution < -0.4 is 0 Å². The number of carbonyl (C=O) groups is 2. The molecule has 10 nitrogen and oxygen atoms in total. The number of carbonyl (C=O) groups excluding carboxylic acids is 2. The molecule has 0 bridgehead atoms. The molecule has 0 saturated heterocycles. The van der Waals surface area contributed by atoms with Gasteiger partial charge in [0.2, 0.25) is 0 Å². The number of nitrogens with zero attached hydrogens (tertiary/aromatic N) is 4. The van der Waals surface area contributed by atoms with Crippen molar-refractivity contribution in [1.29, 1.82) is 10.5 Å². The van der Waals surface area contributed by atoms with Crippen LogP contribution in [0, 0.1) is 34.5 Å². The van der Waals surface area contributed by atoms with Crippen LogP contribution in [0.4, 0.5) is 0 Å². The Morgan fingerprint density at radius 1 is 0.705 bits per heavy atom. The van der Waals surface area contributed by atoms with Crippen molar-refractivity contribution < 1.29 is 28.1 Å². The number of aromatic nitrogens is 2. The van der Waals surface area contributed by atoms with E-state index < -0.39 is 0 Å². The number of nitriles is 2. The zero-order valence-corrected chi connectivity index (χ0v) is 24.1. The minimum atomic E-state index is -0.224. The lowest BCUT2D eigenvalue weighted by Crippen LogP contribution is -2.14. The second kappa shape index (κ2) is 13.0. The van der Waals surface area contributed by atoms with E-state index in [1.807, 2.05) is 0 Å². The maximum absolute atomic E-state index is 12.4. The van der Waals surface area contributed by atoms with E-state index in [0.717, 1.165) is 51.4 Å². The molecule has 44 heavy (non-hydrogen) atoms. The maximum Gasteiger partial charge on any atom is 0.309 e. The predicted octanol–water partition coefficient (Wildman–Crippen LogP) is 6.87. The van der Waals surface area contributed by atoms with Crippen molar-refractivity contribution in [3.8, 4) is 45.8 Å². The molecule has 0 radical (unpaired) electrons. The van der Waals surface area contributed by atoms with Gasteiger partial charge in [-0.1, -0.05) is 48.1 Å². The van der Waals surface area contributed by atoms with Crippen molar-refractivity contribution in [2.24, 2.45) is 11.8 Å². The summed E-state index contributed by atoms with van der Waals surface area (Å²) >= 11 is 0. The molecule has 4 aromatic rings. The van der Waals surface area contributed by atoms with Crippen LogP contribution >= 0.6 is 0 Å². The summed E-state index contributed by atoms with van der Waals surface area (Å²) in [6.45, 7) is -0.0401. The first kappa shape index (κ1) is 28.9. The monoisotopic (exact) mass is 590 g/mol. The van der Waals surface area contributed by atoms with E-state index in [1.54, 1.807) is 48.5 Å². The second-order valence-corrected chi connectivity index (χ2v) is 11.3.